The van der Waals surface area contributed by atoms with Crippen LogP contribution < -0.4 is 4.74 Å². The summed E-state index contributed by atoms with van der Waals surface area (Å²) in [4.78, 5) is 11.0. The maximum atomic E-state index is 11.0. The highest BCUT2D eigenvalue weighted by Crippen LogP contribution is 2.34. The van der Waals surface area contributed by atoms with Gasteiger partial charge in [0.2, 0.25) is 0 Å². The fourth-order valence-electron chi connectivity index (χ4n) is 2.13. The summed E-state index contributed by atoms with van der Waals surface area (Å²) in [6.07, 6.45) is 1.02. The third-order valence-corrected chi connectivity index (χ3v) is 2.87. The number of carboxylic acids is 1. The average molecular weight is 250 g/mol. The molecule has 100 valence electrons. The fraction of sp³-hybridized carbons (Fsp3) is 0.533. The van der Waals surface area contributed by atoms with Crippen LogP contribution in [0.4, 0.5) is 0 Å². The Morgan fingerprint density at radius 3 is 2.22 bits per heavy atom. The summed E-state index contributed by atoms with van der Waals surface area (Å²) < 4.78 is 5.11. The van der Waals surface area contributed by atoms with Crippen molar-refractivity contribution in [3.63, 3.8) is 0 Å². The van der Waals surface area contributed by atoms with Crippen molar-refractivity contribution in [1.82, 2.24) is 0 Å². The molecule has 0 saturated carbocycles. The molecule has 1 atom stereocenters. The fourth-order valence-corrected chi connectivity index (χ4v) is 2.13. The highest BCUT2D eigenvalue weighted by Gasteiger charge is 2.22. The molecule has 0 aliphatic heterocycles. The second-order valence-electron chi connectivity index (χ2n) is 5.83. The number of rotatable bonds is 5. The molecule has 0 aliphatic rings. The number of carbonyl (C=O) groups is 1. The lowest BCUT2D eigenvalue weighted by Gasteiger charge is -2.25. The van der Waals surface area contributed by atoms with Crippen LogP contribution >= 0.6 is 0 Å². The van der Waals surface area contributed by atoms with E-state index >= 15 is 0 Å². The van der Waals surface area contributed by atoms with Gasteiger partial charge < -0.3 is 9.84 Å². The van der Waals surface area contributed by atoms with Gasteiger partial charge in [-0.15, -0.1) is 0 Å². The predicted octanol–water partition coefficient (Wildman–Crippen LogP) is 3.69. The average Bonchev–Trinajstić information content (AvgIpc) is 2.26. The zero-order chi connectivity index (χ0) is 13.8. The molecule has 1 N–H and O–H groups in total. The number of hydrogen-bond acceptors (Lipinski definition) is 2. The Hall–Kier alpha value is -1.51. The molecule has 0 aromatic heterocycles. The largest absolute Gasteiger partial charge is 0.497 e. The Bertz CT molecular complexity index is 387. The number of aliphatic carboxylic acids is 1. The first-order chi connectivity index (χ1) is 8.31. The van der Waals surface area contributed by atoms with Gasteiger partial charge in [0.1, 0.15) is 5.75 Å². The third kappa shape index (κ3) is 4.78. The quantitative estimate of drug-likeness (QED) is 0.867. The first kappa shape index (κ1) is 14.6. The number of hydrogen-bond donors (Lipinski definition) is 1. The topological polar surface area (TPSA) is 46.5 Å². The lowest BCUT2D eigenvalue weighted by molar-refractivity contribution is -0.137. The summed E-state index contributed by atoms with van der Waals surface area (Å²) >= 11 is 0. The van der Waals surface area contributed by atoms with Gasteiger partial charge in [0.05, 0.1) is 13.5 Å². The molecule has 0 spiro atoms. The summed E-state index contributed by atoms with van der Waals surface area (Å²) in [5.41, 5.74) is 1.17. The third-order valence-electron chi connectivity index (χ3n) is 2.87. The molecular formula is C15H22O3. The van der Waals surface area contributed by atoms with E-state index in [-0.39, 0.29) is 17.8 Å². The van der Waals surface area contributed by atoms with E-state index in [9.17, 15) is 4.79 Å². The van der Waals surface area contributed by atoms with Gasteiger partial charge in [0.25, 0.3) is 0 Å². The molecule has 1 aromatic rings. The lowest BCUT2D eigenvalue weighted by atomic mass is 9.80. The minimum atomic E-state index is -0.750. The Morgan fingerprint density at radius 2 is 1.83 bits per heavy atom. The van der Waals surface area contributed by atoms with Crippen LogP contribution in [-0.2, 0) is 4.79 Å². The van der Waals surface area contributed by atoms with Crippen LogP contribution in [0.2, 0.25) is 0 Å². The zero-order valence-corrected chi connectivity index (χ0v) is 11.6. The monoisotopic (exact) mass is 250 g/mol. The molecule has 0 radical (unpaired) electrons. The Kier molecular flexibility index (Phi) is 4.76. The maximum absolute atomic E-state index is 11.0. The molecule has 0 amide bonds. The molecule has 1 unspecified atom stereocenters. The second kappa shape index (κ2) is 5.89. The molecule has 1 aromatic carbocycles. The Balaban J connectivity index is 2.90. The van der Waals surface area contributed by atoms with Gasteiger partial charge in [-0.05, 0) is 35.4 Å². The minimum absolute atomic E-state index is 0.0495. The number of methoxy groups -OCH3 is 1. The zero-order valence-electron chi connectivity index (χ0n) is 11.6. The Morgan fingerprint density at radius 1 is 1.28 bits per heavy atom. The molecule has 3 nitrogen and oxygen atoms in total. The van der Waals surface area contributed by atoms with Gasteiger partial charge in [-0.25, -0.2) is 0 Å². The van der Waals surface area contributed by atoms with Crippen molar-refractivity contribution in [3.05, 3.63) is 29.8 Å². The molecule has 0 fully saturated rings. The number of carboxylic acid groups (broad SMARTS) is 1. The van der Waals surface area contributed by atoms with Crippen LogP contribution in [0.5, 0.6) is 5.75 Å². The van der Waals surface area contributed by atoms with Gasteiger partial charge in [0, 0.05) is 0 Å². The highest BCUT2D eigenvalue weighted by atomic mass is 16.5. The molecule has 3 heteroatoms. The summed E-state index contributed by atoms with van der Waals surface area (Å²) in [6, 6.07) is 7.68. The Labute approximate surface area is 109 Å². The van der Waals surface area contributed by atoms with Crippen LogP contribution in [0, 0.1) is 5.41 Å². The van der Waals surface area contributed by atoms with Crippen LogP contribution in [0.25, 0.3) is 0 Å². The van der Waals surface area contributed by atoms with Gasteiger partial charge in [-0.3, -0.25) is 4.79 Å². The highest BCUT2D eigenvalue weighted by molar-refractivity contribution is 5.68. The van der Waals surface area contributed by atoms with E-state index in [1.165, 1.54) is 0 Å². The van der Waals surface area contributed by atoms with Crippen molar-refractivity contribution >= 4 is 5.97 Å². The number of benzene rings is 1. The lowest BCUT2D eigenvalue weighted by Crippen LogP contribution is -2.15. The van der Waals surface area contributed by atoms with Crippen LogP contribution in [-0.4, -0.2) is 18.2 Å². The van der Waals surface area contributed by atoms with Crippen LogP contribution in [0.15, 0.2) is 24.3 Å². The smallest absolute Gasteiger partial charge is 0.303 e. The van der Waals surface area contributed by atoms with Crippen LogP contribution in [0.3, 0.4) is 0 Å². The van der Waals surface area contributed by atoms with Gasteiger partial charge >= 0.3 is 5.97 Å². The van der Waals surface area contributed by atoms with Gasteiger partial charge in [-0.2, -0.15) is 0 Å². The molecule has 0 aliphatic carbocycles. The molecule has 18 heavy (non-hydrogen) atoms. The van der Waals surface area contributed by atoms with E-state index in [2.05, 4.69) is 20.8 Å². The first-order valence-electron chi connectivity index (χ1n) is 6.17. The van der Waals surface area contributed by atoms with Crippen molar-refractivity contribution in [1.29, 1.82) is 0 Å². The molecule has 1 rings (SSSR count). The molecule has 0 heterocycles. The van der Waals surface area contributed by atoms with Gasteiger partial charge in [0.15, 0.2) is 0 Å². The van der Waals surface area contributed by atoms with Crippen molar-refractivity contribution in [2.45, 2.75) is 39.5 Å². The normalized spacial score (nSPS) is 13.1. The summed E-state index contributed by atoms with van der Waals surface area (Å²) in [6.45, 7) is 6.39. The van der Waals surface area contributed by atoms with E-state index in [0.717, 1.165) is 17.7 Å². The van der Waals surface area contributed by atoms with E-state index < -0.39 is 5.97 Å². The van der Waals surface area contributed by atoms with Crippen LogP contribution in [0.1, 0.15) is 45.1 Å². The van der Waals surface area contributed by atoms with Crippen molar-refractivity contribution in [2.75, 3.05) is 7.11 Å². The molecular weight excluding hydrogens is 228 g/mol. The number of ether oxygens (including phenoxy) is 1. The van der Waals surface area contributed by atoms with Gasteiger partial charge in [-0.1, -0.05) is 32.9 Å². The minimum Gasteiger partial charge on any atom is -0.497 e. The second-order valence-corrected chi connectivity index (χ2v) is 5.83. The standard InChI is InChI=1S/C15H22O3/c1-15(2,3)10-12(9-14(16)17)11-5-7-13(18-4)8-6-11/h5-8,12H,9-10H2,1-4H3,(H,16,17). The van der Waals surface area contributed by atoms with E-state index in [1.807, 2.05) is 24.3 Å². The van der Waals surface area contributed by atoms with E-state index in [0.29, 0.717) is 0 Å². The summed E-state index contributed by atoms with van der Waals surface area (Å²) in [5, 5.41) is 9.02. The summed E-state index contributed by atoms with van der Waals surface area (Å²) in [5.74, 6) is 0.0945. The maximum Gasteiger partial charge on any atom is 0.303 e. The SMILES string of the molecule is COc1ccc(C(CC(=O)O)CC(C)(C)C)cc1. The van der Waals surface area contributed by atoms with E-state index in [4.69, 9.17) is 9.84 Å². The summed E-state index contributed by atoms with van der Waals surface area (Å²) in [7, 11) is 1.62. The predicted molar refractivity (Wildman–Crippen MR) is 72.1 cm³/mol. The van der Waals surface area contributed by atoms with E-state index in [1.54, 1.807) is 7.11 Å². The van der Waals surface area contributed by atoms with Crippen molar-refractivity contribution in [2.24, 2.45) is 5.41 Å². The molecule has 0 bridgehead atoms. The van der Waals surface area contributed by atoms with Crippen molar-refractivity contribution < 1.29 is 14.6 Å². The molecule has 0 saturated heterocycles. The first-order valence-corrected chi connectivity index (χ1v) is 6.17. The van der Waals surface area contributed by atoms with Crippen molar-refractivity contribution in [3.8, 4) is 5.75 Å².